The highest BCUT2D eigenvalue weighted by molar-refractivity contribution is 7.89. The van der Waals surface area contributed by atoms with Gasteiger partial charge in [-0.15, -0.1) is 0 Å². The predicted molar refractivity (Wildman–Crippen MR) is 110 cm³/mol. The lowest BCUT2D eigenvalue weighted by molar-refractivity contribution is -0.118. The number of aromatic nitrogens is 2. The van der Waals surface area contributed by atoms with E-state index in [0.29, 0.717) is 5.02 Å². The molecule has 0 bridgehead atoms. The van der Waals surface area contributed by atoms with Crippen molar-refractivity contribution in [3.63, 3.8) is 0 Å². The normalized spacial score (nSPS) is 12.3. The Bertz CT molecular complexity index is 1150. The van der Waals surface area contributed by atoms with Gasteiger partial charge in [0.25, 0.3) is 0 Å². The molecule has 0 saturated carbocycles. The molecule has 11 heteroatoms. The van der Waals surface area contributed by atoms with Crippen LogP contribution in [0.4, 0.5) is 5.69 Å². The number of hydrogen-bond donors (Lipinski definition) is 3. The van der Waals surface area contributed by atoms with Gasteiger partial charge in [-0.3, -0.25) is 4.79 Å². The number of anilines is 1. The summed E-state index contributed by atoms with van der Waals surface area (Å²) in [6.07, 6.45) is 4.53. The largest absolute Gasteiger partial charge is 0.478 e. The second kappa shape index (κ2) is 9.08. The zero-order chi connectivity index (χ0) is 21.7. The maximum Gasteiger partial charge on any atom is 0.335 e. The molecular weight excluding hydrogens is 432 g/mol. The van der Waals surface area contributed by atoms with E-state index in [-0.39, 0.29) is 22.7 Å². The molecule has 0 radical (unpaired) electrons. The molecule has 0 aliphatic carbocycles. The molecule has 0 saturated heterocycles. The third-order valence-electron chi connectivity index (χ3n) is 4.07. The highest BCUT2D eigenvalue weighted by Crippen LogP contribution is 2.16. The summed E-state index contributed by atoms with van der Waals surface area (Å²) in [6, 6.07) is 9.95. The fraction of sp³-hybridized carbons (Fsp3) is 0.105. The summed E-state index contributed by atoms with van der Waals surface area (Å²) in [4.78, 5) is 27.8. The van der Waals surface area contributed by atoms with E-state index in [1.165, 1.54) is 61.1 Å². The van der Waals surface area contributed by atoms with Crippen LogP contribution in [0.5, 0.6) is 0 Å². The average molecular weight is 449 g/mol. The first kappa shape index (κ1) is 21.5. The lowest BCUT2D eigenvalue weighted by Crippen LogP contribution is -2.46. The van der Waals surface area contributed by atoms with Crippen molar-refractivity contribution in [2.75, 3.05) is 5.32 Å². The highest BCUT2D eigenvalue weighted by atomic mass is 35.5. The second-order valence-electron chi connectivity index (χ2n) is 6.26. The molecule has 1 atom stereocenters. The van der Waals surface area contributed by atoms with Crippen LogP contribution < -0.4 is 10.0 Å². The molecule has 9 nitrogen and oxygen atoms in total. The van der Waals surface area contributed by atoms with Crippen LogP contribution in [-0.2, 0) is 21.4 Å². The molecule has 0 aliphatic heterocycles. The van der Waals surface area contributed by atoms with Crippen LogP contribution in [0.2, 0.25) is 5.02 Å². The minimum atomic E-state index is -4.04. The van der Waals surface area contributed by atoms with Crippen molar-refractivity contribution in [3.05, 3.63) is 77.8 Å². The molecule has 0 aliphatic rings. The van der Waals surface area contributed by atoms with Crippen LogP contribution >= 0.6 is 11.6 Å². The van der Waals surface area contributed by atoms with E-state index in [2.05, 4.69) is 15.0 Å². The van der Waals surface area contributed by atoms with Crippen molar-refractivity contribution in [2.24, 2.45) is 0 Å². The Morgan fingerprint density at radius 1 is 1.17 bits per heavy atom. The highest BCUT2D eigenvalue weighted by Gasteiger charge is 2.26. The number of imidazole rings is 1. The summed E-state index contributed by atoms with van der Waals surface area (Å²) in [5.74, 6) is -1.81. The molecule has 0 unspecified atom stereocenters. The first-order valence-corrected chi connectivity index (χ1v) is 10.5. The number of carbonyl (C=O) groups is 2. The van der Waals surface area contributed by atoms with Crippen LogP contribution in [0.1, 0.15) is 10.4 Å². The Morgan fingerprint density at radius 3 is 2.53 bits per heavy atom. The average Bonchev–Trinajstić information content (AvgIpc) is 3.21. The van der Waals surface area contributed by atoms with E-state index in [1.54, 1.807) is 10.8 Å². The molecule has 0 spiro atoms. The van der Waals surface area contributed by atoms with Gasteiger partial charge in [0.05, 0.1) is 16.8 Å². The van der Waals surface area contributed by atoms with Crippen molar-refractivity contribution < 1.29 is 23.1 Å². The van der Waals surface area contributed by atoms with Crippen molar-refractivity contribution in [1.82, 2.24) is 14.3 Å². The summed E-state index contributed by atoms with van der Waals surface area (Å²) in [5, 5.41) is 12.0. The lowest BCUT2D eigenvalue weighted by atomic mass is 10.2. The number of aromatic carboxylic acids is 1. The van der Waals surface area contributed by atoms with Gasteiger partial charge in [0, 0.05) is 29.6 Å². The van der Waals surface area contributed by atoms with Crippen LogP contribution in [0.25, 0.3) is 0 Å². The molecule has 0 fully saturated rings. The summed E-state index contributed by atoms with van der Waals surface area (Å²) >= 11 is 5.81. The Kier molecular flexibility index (Phi) is 6.50. The second-order valence-corrected chi connectivity index (χ2v) is 8.41. The van der Waals surface area contributed by atoms with E-state index in [4.69, 9.17) is 16.7 Å². The van der Waals surface area contributed by atoms with Gasteiger partial charge in [-0.25, -0.2) is 18.2 Å². The zero-order valence-corrected chi connectivity index (χ0v) is 17.0. The maximum atomic E-state index is 12.8. The predicted octanol–water partition coefficient (Wildman–Crippen LogP) is 2.22. The van der Waals surface area contributed by atoms with Gasteiger partial charge in [-0.05, 0) is 42.5 Å². The molecule has 1 aromatic heterocycles. The van der Waals surface area contributed by atoms with Crippen molar-refractivity contribution in [3.8, 4) is 0 Å². The number of nitrogens with zero attached hydrogens (tertiary/aromatic N) is 2. The Hall–Kier alpha value is -3.21. The zero-order valence-electron chi connectivity index (χ0n) is 15.4. The number of sulfonamides is 1. The smallest absolute Gasteiger partial charge is 0.335 e. The van der Waals surface area contributed by atoms with E-state index in [0.717, 1.165) is 0 Å². The van der Waals surface area contributed by atoms with E-state index < -0.39 is 27.9 Å². The van der Waals surface area contributed by atoms with E-state index in [9.17, 15) is 18.0 Å². The monoisotopic (exact) mass is 448 g/mol. The number of carbonyl (C=O) groups excluding carboxylic acids is 1. The first-order valence-electron chi connectivity index (χ1n) is 8.62. The Balaban J connectivity index is 1.84. The molecule has 3 rings (SSSR count). The fourth-order valence-corrected chi connectivity index (χ4v) is 3.92. The topological polar surface area (TPSA) is 130 Å². The van der Waals surface area contributed by atoms with Crippen molar-refractivity contribution in [2.45, 2.75) is 17.5 Å². The summed E-state index contributed by atoms with van der Waals surface area (Å²) in [6.45, 7) is -0.0305. The van der Waals surface area contributed by atoms with Gasteiger partial charge in [0.1, 0.15) is 6.04 Å². The van der Waals surface area contributed by atoms with Crippen LogP contribution in [-0.4, -0.2) is 41.0 Å². The van der Waals surface area contributed by atoms with E-state index in [1.807, 2.05) is 0 Å². The number of amides is 1. The van der Waals surface area contributed by atoms with Gasteiger partial charge >= 0.3 is 5.97 Å². The van der Waals surface area contributed by atoms with E-state index >= 15 is 0 Å². The van der Waals surface area contributed by atoms with Crippen molar-refractivity contribution >= 4 is 39.2 Å². The molecule has 2 aromatic carbocycles. The molecule has 1 heterocycles. The number of rotatable bonds is 8. The fourth-order valence-electron chi connectivity index (χ4n) is 2.61. The maximum absolute atomic E-state index is 12.8. The molecule has 3 N–H and O–H groups in total. The Labute approximate surface area is 177 Å². The third kappa shape index (κ3) is 5.44. The van der Waals surface area contributed by atoms with Crippen LogP contribution in [0.3, 0.4) is 0 Å². The molecule has 1 amide bonds. The quantitative estimate of drug-likeness (QED) is 0.484. The van der Waals surface area contributed by atoms with Gasteiger partial charge < -0.3 is 15.0 Å². The minimum Gasteiger partial charge on any atom is -0.478 e. The van der Waals surface area contributed by atoms with Gasteiger partial charge in [0.15, 0.2) is 0 Å². The molecule has 30 heavy (non-hydrogen) atoms. The number of halogens is 1. The third-order valence-corrected chi connectivity index (χ3v) is 5.81. The van der Waals surface area contributed by atoms with Gasteiger partial charge in [0.2, 0.25) is 15.9 Å². The molecule has 156 valence electrons. The number of carboxylic acids is 1. The summed E-state index contributed by atoms with van der Waals surface area (Å²) in [5.41, 5.74) is 0.210. The number of carboxylic acid groups (broad SMARTS) is 1. The van der Waals surface area contributed by atoms with Crippen LogP contribution in [0, 0.1) is 0 Å². The summed E-state index contributed by atoms with van der Waals surface area (Å²) in [7, 11) is -4.04. The van der Waals surface area contributed by atoms with Gasteiger partial charge in [-0.2, -0.15) is 4.72 Å². The van der Waals surface area contributed by atoms with Crippen LogP contribution in [0.15, 0.2) is 72.1 Å². The lowest BCUT2D eigenvalue weighted by Gasteiger charge is -2.19. The molecule has 3 aromatic rings. The van der Waals surface area contributed by atoms with Crippen molar-refractivity contribution in [1.29, 1.82) is 0 Å². The number of hydrogen-bond acceptors (Lipinski definition) is 5. The minimum absolute atomic E-state index is 0.0132. The number of nitrogens with one attached hydrogen (secondary N) is 2. The molecular formula is C19H17ClN4O5S. The standard InChI is InChI=1S/C19H17ClN4O5S/c20-14-4-6-16(7-5-14)30(28,29)23-17(11-24-9-8-21-12-24)18(25)22-15-3-1-2-13(10-15)19(26)27/h1-10,12,17,23H,11H2,(H,22,25)(H,26,27)/t17-/m0/s1. The SMILES string of the molecule is O=C(O)c1cccc(NC(=O)[C@H](Cn2ccnc2)NS(=O)(=O)c2ccc(Cl)cc2)c1. The Morgan fingerprint density at radius 2 is 1.90 bits per heavy atom. The van der Waals surface area contributed by atoms with Gasteiger partial charge in [-0.1, -0.05) is 17.7 Å². The first-order chi connectivity index (χ1) is 14.2. The number of benzene rings is 2. The summed E-state index contributed by atoms with van der Waals surface area (Å²) < 4.78 is 29.4.